The summed E-state index contributed by atoms with van der Waals surface area (Å²) in [5, 5.41) is 12.8. The van der Waals surface area contributed by atoms with Gasteiger partial charge in [-0.05, 0) is 13.0 Å². The largest absolute Gasteiger partial charge is 0.481 e. The summed E-state index contributed by atoms with van der Waals surface area (Å²) in [4.78, 5) is 24.0. The zero-order valence-electron chi connectivity index (χ0n) is 10.5. The lowest BCUT2D eigenvalue weighted by Crippen LogP contribution is -2.33. The van der Waals surface area contributed by atoms with Crippen molar-refractivity contribution in [1.82, 2.24) is 14.7 Å². The molecule has 0 aliphatic carbocycles. The molecule has 0 bridgehead atoms. The summed E-state index contributed by atoms with van der Waals surface area (Å²) in [6.45, 7) is 3.59. The van der Waals surface area contributed by atoms with Crippen LogP contribution in [0, 0.1) is 12.8 Å². The lowest BCUT2D eigenvalue weighted by molar-refractivity contribution is -0.141. The topological polar surface area (TPSA) is 75.4 Å². The van der Waals surface area contributed by atoms with Gasteiger partial charge >= 0.3 is 5.97 Å². The summed E-state index contributed by atoms with van der Waals surface area (Å²) in [6, 6.07) is 1.68. The molecule has 6 nitrogen and oxygen atoms in total. The van der Waals surface area contributed by atoms with Crippen molar-refractivity contribution in [2.24, 2.45) is 13.0 Å². The third-order valence-electron chi connectivity index (χ3n) is 2.65. The molecule has 0 fully saturated rings. The highest BCUT2D eigenvalue weighted by molar-refractivity contribution is 5.92. The Kier molecular flexibility index (Phi) is 3.88. The van der Waals surface area contributed by atoms with E-state index >= 15 is 0 Å². The van der Waals surface area contributed by atoms with Gasteiger partial charge < -0.3 is 10.0 Å². The Morgan fingerprint density at radius 3 is 2.59 bits per heavy atom. The van der Waals surface area contributed by atoms with Crippen LogP contribution in [-0.4, -0.2) is 45.3 Å². The molecular formula is C11H17N3O3. The Morgan fingerprint density at radius 1 is 1.59 bits per heavy atom. The van der Waals surface area contributed by atoms with E-state index in [0.717, 1.165) is 5.69 Å². The predicted molar refractivity (Wildman–Crippen MR) is 61.7 cm³/mol. The summed E-state index contributed by atoms with van der Waals surface area (Å²) >= 11 is 0. The number of rotatable bonds is 4. The van der Waals surface area contributed by atoms with Crippen LogP contribution in [0.25, 0.3) is 0 Å². The maximum atomic E-state index is 11.9. The minimum absolute atomic E-state index is 0.170. The van der Waals surface area contributed by atoms with Gasteiger partial charge in [-0.15, -0.1) is 0 Å². The highest BCUT2D eigenvalue weighted by Gasteiger charge is 2.20. The number of carboxylic acid groups (broad SMARTS) is 1. The third-order valence-corrected chi connectivity index (χ3v) is 2.65. The van der Waals surface area contributed by atoms with E-state index in [4.69, 9.17) is 5.11 Å². The maximum absolute atomic E-state index is 11.9. The second-order valence-electron chi connectivity index (χ2n) is 4.22. The molecule has 1 aromatic rings. The van der Waals surface area contributed by atoms with E-state index in [1.54, 1.807) is 31.8 Å². The van der Waals surface area contributed by atoms with E-state index < -0.39 is 11.9 Å². The molecular weight excluding hydrogens is 222 g/mol. The highest BCUT2D eigenvalue weighted by Crippen LogP contribution is 2.06. The van der Waals surface area contributed by atoms with Crippen molar-refractivity contribution in [3.8, 4) is 0 Å². The zero-order valence-corrected chi connectivity index (χ0v) is 10.5. The number of aryl methyl sites for hydroxylation is 2. The number of hydrogen-bond acceptors (Lipinski definition) is 3. The van der Waals surface area contributed by atoms with Crippen LogP contribution in [-0.2, 0) is 11.8 Å². The quantitative estimate of drug-likeness (QED) is 0.831. The van der Waals surface area contributed by atoms with Crippen LogP contribution in [0.15, 0.2) is 6.07 Å². The van der Waals surface area contributed by atoms with E-state index in [1.807, 2.05) is 6.92 Å². The van der Waals surface area contributed by atoms with Gasteiger partial charge in [0.2, 0.25) is 0 Å². The molecule has 94 valence electrons. The maximum Gasteiger partial charge on any atom is 0.308 e. The number of amides is 1. The number of hydrogen-bond donors (Lipinski definition) is 1. The Morgan fingerprint density at radius 2 is 2.18 bits per heavy atom. The summed E-state index contributed by atoms with van der Waals surface area (Å²) < 4.78 is 1.61. The minimum Gasteiger partial charge on any atom is -0.481 e. The van der Waals surface area contributed by atoms with Crippen molar-refractivity contribution >= 4 is 11.9 Å². The number of carbonyl (C=O) groups excluding carboxylic acids is 1. The number of nitrogens with zero attached hydrogens (tertiary/aromatic N) is 3. The zero-order chi connectivity index (χ0) is 13.2. The average molecular weight is 239 g/mol. The first-order valence-corrected chi connectivity index (χ1v) is 5.31. The fourth-order valence-corrected chi connectivity index (χ4v) is 1.43. The molecule has 0 saturated heterocycles. The van der Waals surface area contributed by atoms with Gasteiger partial charge in [-0.25, -0.2) is 0 Å². The lowest BCUT2D eigenvalue weighted by atomic mass is 10.1. The first-order valence-electron chi connectivity index (χ1n) is 5.31. The van der Waals surface area contributed by atoms with Crippen molar-refractivity contribution < 1.29 is 14.7 Å². The third kappa shape index (κ3) is 3.05. The second kappa shape index (κ2) is 4.99. The van der Waals surface area contributed by atoms with Gasteiger partial charge in [0.15, 0.2) is 5.69 Å². The van der Waals surface area contributed by atoms with Gasteiger partial charge in [-0.3, -0.25) is 14.3 Å². The second-order valence-corrected chi connectivity index (χ2v) is 4.22. The van der Waals surface area contributed by atoms with Crippen molar-refractivity contribution in [2.75, 3.05) is 13.6 Å². The Balaban J connectivity index is 2.73. The van der Waals surface area contributed by atoms with Crippen molar-refractivity contribution in [3.63, 3.8) is 0 Å². The first-order chi connectivity index (χ1) is 7.82. The van der Waals surface area contributed by atoms with E-state index in [1.165, 1.54) is 4.90 Å². The van der Waals surface area contributed by atoms with Crippen molar-refractivity contribution in [1.29, 1.82) is 0 Å². The molecule has 0 radical (unpaired) electrons. The van der Waals surface area contributed by atoms with Crippen LogP contribution in [0.2, 0.25) is 0 Å². The normalized spacial score (nSPS) is 12.2. The van der Waals surface area contributed by atoms with E-state index in [9.17, 15) is 9.59 Å². The van der Waals surface area contributed by atoms with Crippen LogP contribution in [0.5, 0.6) is 0 Å². The van der Waals surface area contributed by atoms with Crippen molar-refractivity contribution in [2.45, 2.75) is 13.8 Å². The molecule has 0 aromatic carbocycles. The smallest absolute Gasteiger partial charge is 0.308 e. The fraction of sp³-hybridized carbons (Fsp3) is 0.545. The average Bonchev–Trinajstić information content (AvgIpc) is 2.57. The molecule has 0 aliphatic heterocycles. The molecule has 1 unspecified atom stereocenters. The van der Waals surface area contributed by atoms with E-state index in [2.05, 4.69) is 5.10 Å². The molecule has 1 atom stereocenters. The molecule has 1 rings (SSSR count). The summed E-state index contributed by atoms with van der Waals surface area (Å²) in [7, 11) is 3.33. The van der Waals surface area contributed by atoms with Gasteiger partial charge in [0.25, 0.3) is 5.91 Å². The Bertz CT molecular complexity index is 420. The van der Waals surface area contributed by atoms with Gasteiger partial charge in [0, 0.05) is 26.3 Å². The molecule has 17 heavy (non-hydrogen) atoms. The molecule has 0 saturated carbocycles. The first kappa shape index (κ1) is 13.2. The van der Waals surface area contributed by atoms with Gasteiger partial charge in [-0.2, -0.15) is 5.10 Å². The van der Waals surface area contributed by atoms with Gasteiger partial charge in [0.05, 0.1) is 5.92 Å². The predicted octanol–water partition coefficient (Wildman–Crippen LogP) is 0.521. The summed E-state index contributed by atoms with van der Waals surface area (Å²) in [6.07, 6.45) is 0. The van der Waals surface area contributed by atoms with Crippen LogP contribution < -0.4 is 0 Å². The minimum atomic E-state index is -0.915. The Labute approximate surface area is 99.8 Å². The van der Waals surface area contributed by atoms with Crippen LogP contribution >= 0.6 is 0 Å². The molecule has 1 N–H and O–H groups in total. The number of aromatic nitrogens is 2. The molecule has 1 heterocycles. The monoisotopic (exact) mass is 239 g/mol. The Hall–Kier alpha value is -1.85. The number of carboxylic acids is 1. The SMILES string of the molecule is Cc1cc(C(=O)N(C)CC(C)C(=O)O)nn1C. The van der Waals surface area contributed by atoms with E-state index in [0.29, 0.717) is 5.69 Å². The molecule has 1 aromatic heterocycles. The van der Waals surface area contributed by atoms with Crippen molar-refractivity contribution in [3.05, 3.63) is 17.5 Å². The standard InChI is InChI=1S/C11H17N3O3/c1-7(11(16)17)6-13(3)10(15)9-5-8(2)14(4)12-9/h5,7H,6H2,1-4H3,(H,16,17). The van der Waals surface area contributed by atoms with Crippen LogP contribution in [0.4, 0.5) is 0 Å². The summed E-state index contributed by atoms with van der Waals surface area (Å²) in [5.41, 5.74) is 1.22. The molecule has 0 spiro atoms. The van der Waals surface area contributed by atoms with Gasteiger partial charge in [-0.1, -0.05) is 6.92 Å². The van der Waals surface area contributed by atoms with E-state index in [-0.39, 0.29) is 12.5 Å². The molecule has 6 heteroatoms. The van der Waals surface area contributed by atoms with Crippen LogP contribution in [0.3, 0.4) is 0 Å². The summed E-state index contributed by atoms with van der Waals surface area (Å²) in [5.74, 6) is -1.77. The van der Waals surface area contributed by atoms with Crippen LogP contribution in [0.1, 0.15) is 23.1 Å². The molecule has 1 amide bonds. The molecule has 0 aliphatic rings. The number of carbonyl (C=O) groups is 2. The lowest BCUT2D eigenvalue weighted by Gasteiger charge is -2.18. The highest BCUT2D eigenvalue weighted by atomic mass is 16.4. The van der Waals surface area contributed by atoms with Gasteiger partial charge in [0.1, 0.15) is 0 Å². The fourth-order valence-electron chi connectivity index (χ4n) is 1.43. The number of aliphatic carboxylic acids is 1.